The van der Waals surface area contributed by atoms with Crippen molar-refractivity contribution in [1.82, 2.24) is 0 Å². The van der Waals surface area contributed by atoms with Crippen LogP contribution in [0, 0.1) is 0 Å². The van der Waals surface area contributed by atoms with Crippen LogP contribution in [0.15, 0.2) is 36.4 Å². The van der Waals surface area contributed by atoms with Crippen molar-refractivity contribution in [3.05, 3.63) is 42.0 Å². The van der Waals surface area contributed by atoms with Gasteiger partial charge in [0.25, 0.3) is 0 Å². The van der Waals surface area contributed by atoms with Crippen LogP contribution in [0.1, 0.15) is 43.6 Å². The Morgan fingerprint density at radius 2 is 1.76 bits per heavy atom. The molecule has 88 valence electrons. The van der Waals surface area contributed by atoms with Crippen molar-refractivity contribution >= 4 is 10.8 Å². The van der Waals surface area contributed by atoms with Gasteiger partial charge in [-0.25, -0.2) is 0 Å². The summed E-state index contributed by atoms with van der Waals surface area (Å²) in [6, 6.07) is 12.3. The Morgan fingerprint density at radius 1 is 0.941 bits per heavy atom. The summed E-state index contributed by atoms with van der Waals surface area (Å²) in [6.45, 7) is 0. The van der Waals surface area contributed by atoms with Crippen LogP contribution in [0.3, 0.4) is 0 Å². The third-order valence-electron chi connectivity index (χ3n) is 3.96. The van der Waals surface area contributed by atoms with Crippen LogP contribution in [0.5, 0.6) is 5.75 Å². The van der Waals surface area contributed by atoms with E-state index < -0.39 is 0 Å². The molecule has 2 aromatic carbocycles. The molecule has 0 aromatic heterocycles. The van der Waals surface area contributed by atoms with Crippen molar-refractivity contribution in [2.24, 2.45) is 0 Å². The molecule has 1 saturated carbocycles. The Morgan fingerprint density at radius 3 is 2.59 bits per heavy atom. The van der Waals surface area contributed by atoms with Crippen molar-refractivity contribution in [2.75, 3.05) is 0 Å². The molecule has 0 unspecified atom stereocenters. The average molecular weight is 226 g/mol. The van der Waals surface area contributed by atoms with E-state index in [1.807, 2.05) is 6.07 Å². The molecular formula is C16H18O. The molecular weight excluding hydrogens is 208 g/mol. The maximum Gasteiger partial charge on any atom is 0.123 e. The average Bonchev–Trinajstić information content (AvgIpc) is 2.40. The van der Waals surface area contributed by atoms with Gasteiger partial charge in [-0.1, -0.05) is 49.6 Å². The van der Waals surface area contributed by atoms with Gasteiger partial charge in [-0.05, 0) is 35.8 Å². The summed E-state index contributed by atoms with van der Waals surface area (Å²) in [6.07, 6.45) is 6.77. The first kappa shape index (κ1) is 10.6. The molecule has 0 amide bonds. The van der Waals surface area contributed by atoms with Gasteiger partial charge in [0.1, 0.15) is 5.75 Å². The van der Waals surface area contributed by atoms with Crippen LogP contribution in [0.2, 0.25) is 0 Å². The SMILES string of the molecule is Oc1cccc2cc(C3CCCCC3)ccc12. The first-order valence-corrected chi connectivity index (χ1v) is 6.56. The van der Waals surface area contributed by atoms with E-state index in [9.17, 15) is 5.11 Å². The van der Waals surface area contributed by atoms with Gasteiger partial charge in [0.05, 0.1) is 0 Å². The highest BCUT2D eigenvalue weighted by atomic mass is 16.3. The molecule has 0 spiro atoms. The van der Waals surface area contributed by atoms with Gasteiger partial charge in [-0.15, -0.1) is 0 Å². The topological polar surface area (TPSA) is 20.2 Å². The van der Waals surface area contributed by atoms with Crippen molar-refractivity contribution in [3.63, 3.8) is 0 Å². The van der Waals surface area contributed by atoms with Crippen molar-refractivity contribution < 1.29 is 5.11 Å². The Bertz CT molecular complexity index is 524. The molecule has 0 atom stereocenters. The normalized spacial score (nSPS) is 17.4. The van der Waals surface area contributed by atoms with E-state index in [2.05, 4.69) is 24.3 Å². The van der Waals surface area contributed by atoms with E-state index in [0.29, 0.717) is 5.75 Å². The summed E-state index contributed by atoms with van der Waals surface area (Å²) in [4.78, 5) is 0. The fourth-order valence-electron chi connectivity index (χ4n) is 2.97. The highest BCUT2D eigenvalue weighted by Gasteiger charge is 2.15. The molecule has 0 bridgehead atoms. The number of phenols is 1. The van der Waals surface area contributed by atoms with E-state index >= 15 is 0 Å². The maximum atomic E-state index is 9.77. The molecule has 1 heteroatoms. The first-order chi connectivity index (χ1) is 8.34. The summed E-state index contributed by atoms with van der Waals surface area (Å²) in [7, 11) is 0. The van der Waals surface area contributed by atoms with Gasteiger partial charge < -0.3 is 5.11 Å². The number of phenolic OH excluding ortho intramolecular Hbond substituents is 1. The third kappa shape index (κ3) is 2.02. The van der Waals surface area contributed by atoms with Crippen molar-refractivity contribution in [3.8, 4) is 5.75 Å². The van der Waals surface area contributed by atoms with Crippen LogP contribution in [0.4, 0.5) is 0 Å². The Labute approximate surface area is 102 Å². The van der Waals surface area contributed by atoms with Gasteiger partial charge in [0.2, 0.25) is 0 Å². The molecule has 1 aliphatic carbocycles. The van der Waals surface area contributed by atoms with Gasteiger partial charge in [-0.2, -0.15) is 0 Å². The third-order valence-corrected chi connectivity index (χ3v) is 3.96. The lowest BCUT2D eigenvalue weighted by Crippen LogP contribution is -2.04. The number of fused-ring (bicyclic) bond motifs is 1. The van der Waals surface area contributed by atoms with E-state index in [1.54, 1.807) is 6.07 Å². The second kappa shape index (κ2) is 4.40. The molecule has 1 aliphatic rings. The van der Waals surface area contributed by atoms with Gasteiger partial charge in [-0.3, -0.25) is 0 Å². The summed E-state index contributed by atoms with van der Waals surface area (Å²) in [5.74, 6) is 1.12. The van der Waals surface area contributed by atoms with Crippen molar-refractivity contribution in [1.29, 1.82) is 0 Å². The highest BCUT2D eigenvalue weighted by molar-refractivity contribution is 5.88. The number of rotatable bonds is 1. The standard InChI is InChI=1S/C16H18O/c17-16-8-4-7-14-11-13(9-10-15(14)16)12-5-2-1-3-6-12/h4,7-12,17H,1-3,5-6H2. The Kier molecular flexibility index (Phi) is 2.76. The van der Waals surface area contributed by atoms with Gasteiger partial charge >= 0.3 is 0 Å². The zero-order valence-corrected chi connectivity index (χ0v) is 10.0. The minimum atomic E-state index is 0.387. The molecule has 0 saturated heterocycles. The minimum Gasteiger partial charge on any atom is -0.507 e. The number of aromatic hydroxyl groups is 1. The summed E-state index contributed by atoms with van der Waals surface area (Å²) in [5, 5.41) is 11.9. The summed E-state index contributed by atoms with van der Waals surface area (Å²) >= 11 is 0. The molecule has 3 rings (SSSR count). The molecule has 0 aliphatic heterocycles. The lowest BCUT2D eigenvalue weighted by atomic mass is 9.83. The smallest absolute Gasteiger partial charge is 0.123 e. The van der Waals surface area contributed by atoms with Crippen LogP contribution < -0.4 is 0 Å². The summed E-state index contributed by atoms with van der Waals surface area (Å²) in [5.41, 5.74) is 1.45. The van der Waals surface area contributed by atoms with Gasteiger partial charge in [0, 0.05) is 5.39 Å². The molecule has 1 nitrogen and oxygen atoms in total. The second-order valence-electron chi connectivity index (χ2n) is 5.09. The van der Waals surface area contributed by atoms with E-state index in [1.165, 1.54) is 37.7 Å². The lowest BCUT2D eigenvalue weighted by Gasteiger charge is -2.22. The van der Waals surface area contributed by atoms with Crippen LogP contribution >= 0.6 is 0 Å². The predicted octanol–water partition coefficient (Wildman–Crippen LogP) is 4.59. The quantitative estimate of drug-likeness (QED) is 0.753. The molecule has 2 aromatic rings. The molecule has 17 heavy (non-hydrogen) atoms. The molecule has 0 heterocycles. The Hall–Kier alpha value is -1.50. The molecule has 1 N–H and O–H groups in total. The largest absolute Gasteiger partial charge is 0.507 e. The number of hydrogen-bond acceptors (Lipinski definition) is 1. The minimum absolute atomic E-state index is 0.387. The van der Waals surface area contributed by atoms with Gasteiger partial charge in [0.15, 0.2) is 0 Å². The Balaban J connectivity index is 2.01. The maximum absolute atomic E-state index is 9.77. The monoisotopic (exact) mass is 226 g/mol. The lowest BCUT2D eigenvalue weighted by molar-refractivity contribution is 0.444. The predicted molar refractivity (Wildman–Crippen MR) is 71.4 cm³/mol. The zero-order chi connectivity index (χ0) is 11.7. The van der Waals surface area contributed by atoms with E-state index in [4.69, 9.17) is 0 Å². The molecule has 1 fully saturated rings. The second-order valence-corrected chi connectivity index (χ2v) is 5.09. The van der Waals surface area contributed by atoms with Crippen LogP contribution in [0.25, 0.3) is 10.8 Å². The first-order valence-electron chi connectivity index (χ1n) is 6.56. The fraction of sp³-hybridized carbons (Fsp3) is 0.375. The number of hydrogen-bond donors (Lipinski definition) is 1. The van der Waals surface area contributed by atoms with E-state index in [-0.39, 0.29) is 0 Å². The zero-order valence-electron chi connectivity index (χ0n) is 10.0. The fourth-order valence-corrected chi connectivity index (χ4v) is 2.97. The van der Waals surface area contributed by atoms with Crippen LogP contribution in [-0.4, -0.2) is 5.11 Å². The van der Waals surface area contributed by atoms with Crippen molar-refractivity contribution in [2.45, 2.75) is 38.0 Å². The summed E-state index contributed by atoms with van der Waals surface area (Å²) < 4.78 is 0. The highest BCUT2D eigenvalue weighted by Crippen LogP contribution is 2.35. The van der Waals surface area contributed by atoms with E-state index in [0.717, 1.165) is 16.7 Å². The number of benzene rings is 2. The van der Waals surface area contributed by atoms with Crippen LogP contribution in [-0.2, 0) is 0 Å². The molecule has 0 radical (unpaired) electrons.